The van der Waals surface area contributed by atoms with Gasteiger partial charge in [-0.3, -0.25) is 9.78 Å². The van der Waals surface area contributed by atoms with E-state index in [1.165, 1.54) is 12.4 Å². The number of aryl methyl sites for hydroxylation is 2. The Balaban J connectivity index is 1.99. The normalized spacial score (nSPS) is 11.5. The number of nitrogens with zero attached hydrogens (tertiary/aromatic N) is 4. The third kappa shape index (κ3) is 3.64. The fourth-order valence-electron chi connectivity index (χ4n) is 2.93. The Morgan fingerprint density at radius 1 is 1.19 bits per heavy atom. The summed E-state index contributed by atoms with van der Waals surface area (Å²) in [5.74, 6) is -0.417. The molecule has 2 heterocycles. The van der Waals surface area contributed by atoms with Gasteiger partial charge in [0.15, 0.2) is 5.69 Å². The molecule has 0 atom stereocenters. The van der Waals surface area contributed by atoms with E-state index in [9.17, 15) is 9.90 Å². The van der Waals surface area contributed by atoms with Gasteiger partial charge in [0, 0.05) is 29.9 Å². The maximum Gasteiger partial charge on any atom is 0.295 e. The maximum absolute atomic E-state index is 12.2. The summed E-state index contributed by atoms with van der Waals surface area (Å²) in [7, 11) is 0. The zero-order valence-corrected chi connectivity index (χ0v) is 15.0. The Bertz CT molecular complexity index is 945. The van der Waals surface area contributed by atoms with E-state index in [1.807, 2.05) is 29.7 Å². The molecule has 0 unspecified atom stereocenters. The molecule has 0 radical (unpaired) electrons. The van der Waals surface area contributed by atoms with E-state index >= 15 is 0 Å². The van der Waals surface area contributed by atoms with Crippen molar-refractivity contribution in [2.24, 2.45) is 10.2 Å². The molecule has 3 aromatic rings. The molecule has 3 rings (SSSR count). The molecule has 0 bridgehead atoms. The van der Waals surface area contributed by atoms with Crippen molar-refractivity contribution >= 4 is 22.5 Å². The second-order valence-electron chi connectivity index (χ2n) is 6.29. The fourth-order valence-corrected chi connectivity index (χ4v) is 2.93. The molecule has 6 heteroatoms. The number of aromatic hydroxyl groups is 1. The van der Waals surface area contributed by atoms with Gasteiger partial charge in [0.25, 0.3) is 5.91 Å². The van der Waals surface area contributed by atoms with Crippen LogP contribution in [-0.4, -0.2) is 20.6 Å². The molecule has 2 aromatic heterocycles. The summed E-state index contributed by atoms with van der Waals surface area (Å²) in [6.45, 7) is 4.82. The predicted molar refractivity (Wildman–Crippen MR) is 101 cm³/mol. The average molecular weight is 350 g/mol. The topological polar surface area (TPSA) is 79.8 Å². The molecule has 0 spiro atoms. The lowest BCUT2D eigenvalue weighted by molar-refractivity contribution is 0.0995. The summed E-state index contributed by atoms with van der Waals surface area (Å²) in [6, 6.07) is 9.09. The van der Waals surface area contributed by atoms with Crippen molar-refractivity contribution < 1.29 is 9.90 Å². The highest BCUT2D eigenvalue weighted by Crippen LogP contribution is 2.39. The molecule has 0 aliphatic heterocycles. The van der Waals surface area contributed by atoms with Crippen LogP contribution in [0.1, 0.15) is 42.1 Å². The smallest absolute Gasteiger partial charge is 0.295 e. The Labute approximate surface area is 152 Å². The van der Waals surface area contributed by atoms with E-state index in [-0.39, 0.29) is 5.88 Å². The largest absolute Gasteiger partial charge is 0.493 e. The van der Waals surface area contributed by atoms with Gasteiger partial charge in [0.2, 0.25) is 5.88 Å². The molecule has 0 saturated carbocycles. The average Bonchev–Trinajstić information content (AvgIpc) is 2.91. The van der Waals surface area contributed by atoms with Crippen molar-refractivity contribution in [3.63, 3.8) is 0 Å². The summed E-state index contributed by atoms with van der Waals surface area (Å²) in [5, 5.41) is 19.4. The first kappa shape index (κ1) is 17.8. The molecule has 0 fully saturated rings. The lowest BCUT2D eigenvalue weighted by Gasteiger charge is -2.06. The van der Waals surface area contributed by atoms with E-state index in [0.717, 1.165) is 35.7 Å². The zero-order chi connectivity index (χ0) is 18.5. The van der Waals surface area contributed by atoms with E-state index < -0.39 is 5.91 Å². The third-order valence-electron chi connectivity index (χ3n) is 4.32. The lowest BCUT2D eigenvalue weighted by Crippen LogP contribution is -1.96. The first-order valence-electron chi connectivity index (χ1n) is 8.79. The molecule has 0 aliphatic carbocycles. The summed E-state index contributed by atoms with van der Waals surface area (Å²) >= 11 is 0. The zero-order valence-electron chi connectivity index (χ0n) is 15.0. The summed E-state index contributed by atoms with van der Waals surface area (Å²) in [4.78, 5) is 16.1. The number of aromatic nitrogens is 2. The maximum atomic E-state index is 12.2. The van der Waals surface area contributed by atoms with Gasteiger partial charge in [-0.2, -0.15) is 0 Å². The van der Waals surface area contributed by atoms with Gasteiger partial charge in [-0.1, -0.05) is 31.4 Å². The van der Waals surface area contributed by atoms with Gasteiger partial charge < -0.3 is 9.67 Å². The van der Waals surface area contributed by atoms with Gasteiger partial charge in [0.05, 0.1) is 5.52 Å². The minimum absolute atomic E-state index is 0.0491. The van der Waals surface area contributed by atoms with E-state index in [1.54, 1.807) is 12.1 Å². The van der Waals surface area contributed by atoms with Crippen molar-refractivity contribution in [3.05, 3.63) is 53.9 Å². The Morgan fingerprint density at radius 2 is 1.96 bits per heavy atom. The number of hydrogen-bond acceptors (Lipinski definition) is 4. The summed E-state index contributed by atoms with van der Waals surface area (Å²) in [6.07, 6.45) is 6.22. The fraction of sp³-hybridized carbons (Fsp3) is 0.300. The Kier molecular flexibility index (Phi) is 5.41. The van der Waals surface area contributed by atoms with Crippen LogP contribution in [0.4, 0.5) is 5.69 Å². The van der Waals surface area contributed by atoms with Crippen LogP contribution in [0.15, 0.2) is 53.0 Å². The highest BCUT2D eigenvalue weighted by atomic mass is 16.3. The Hall–Kier alpha value is -3.02. The second-order valence-corrected chi connectivity index (χ2v) is 6.29. The molecule has 0 saturated heterocycles. The molecule has 1 amide bonds. The van der Waals surface area contributed by atoms with Crippen LogP contribution in [0.5, 0.6) is 5.88 Å². The predicted octanol–water partition coefficient (Wildman–Crippen LogP) is 5.16. The number of azo groups is 1. The molecule has 0 aliphatic rings. The molecule has 1 N–H and O–H groups in total. The SMILES string of the molecule is CCCCCn1c(O)c(N=NC(=O)c2ccncc2)c2cc(C)ccc21. The monoisotopic (exact) mass is 350 g/mol. The quantitative estimate of drug-likeness (QED) is 0.492. The number of rotatable bonds is 6. The lowest BCUT2D eigenvalue weighted by atomic mass is 10.1. The summed E-state index contributed by atoms with van der Waals surface area (Å²) in [5.41, 5.74) is 2.70. The molecule has 26 heavy (non-hydrogen) atoms. The van der Waals surface area contributed by atoms with Crippen LogP contribution in [0, 0.1) is 6.92 Å². The van der Waals surface area contributed by atoms with Gasteiger partial charge in [-0.25, -0.2) is 0 Å². The number of amides is 1. The number of fused-ring (bicyclic) bond motifs is 1. The van der Waals surface area contributed by atoms with Crippen LogP contribution >= 0.6 is 0 Å². The molecular weight excluding hydrogens is 328 g/mol. The molecular formula is C20H22N4O2. The van der Waals surface area contributed by atoms with Crippen molar-refractivity contribution in [1.29, 1.82) is 0 Å². The minimum Gasteiger partial charge on any atom is -0.493 e. The standard InChI is InChI=1S/C20H22N4O2/c1-3-4-5-12-24-17-7-6-14(2)13-16(17)18(20(24)26)22-23-19(25)15-8-10-21-11-9-15/h6-11,13,26H,3-5,12H2,1-2H3. The van der Waals surface area contributed by atoms with Crippen molar-refractivity contribution in [1.82, 2.24) is 9.55 Å². The van der Waals surface area contributed by atoms with Gasteiger partial charge >= 0.3 is 0 Å². The van der Waals surface area contributed by atoms with Crippen LogP contribution in [0.2, 0.25) is 0 Å². The van der Waals surface area contributed by atoms with Crippen LogP contribution in [0.3, 0.4) is 0 Å². The Morgan fingerprint density at radius 3 is 2.69 bits per heavy atom. The minimum atomic E-state index is -0.466. The van der Waals surface area contributed by atoms with Crippen LogP contribution in [-0.2, 0) is 6.54 Å². The van der Waals surface area contributed by atoms with Crippen LogP contribution in [0.25, 0.3) is 10.9 Å². The van der Waals surface area contributed by atoms with E-state index in [0.29, 0.717) is 17.8 Å². The highest BCUT2D eigenvalue weighted by Gasteiger charge is 2.17. The van der Waals surface area contributed by atoms with Gasteiger partial charge in [0.1, 0.15) is 0 Å². The van der Waals surface area contributed by atoms with Crippen LogP contribution < -0.4 is 0 Å². The third-order valence-corrected chi connectivity index (χ3v) is 4.32. The molecule has 6 nitrogen and oxygen atoms in total. The highest BCUT2D eigenvalue weighted by molar-refractivity contribution is 5.97. The number of benzene rings is 1. The van der Waals surface area contributed by atoms with Crippen molar-refractivity contribution in [2.45, 2.75) is 39.7 Å². The first-order chi connectivity index (χ1) is 12.6. The summed E-state index contributed by atoms with van der Waals surface area (Å²) < 4.78 is 1.84. The van der Waals surface area contributed by atoms with E-state index in [2.05, 4.69) is 22.1 Å². The van der Waals surface area contributed by atoms with Gasteiger partial charge in [-0.15, -0.1) is 10.2 Å². The van der Waals surface area contributed by atoms with Crippen molar-refractivity contribution in [3.8, 4) is 5.88 Å². The second kappa shape index (κ2) is 7.91. The molecule has 1 aromatic carbocycles. The number of unbranched alkanes of at least 4 members (excludes halogenated alkanes) is 2. The number of carbonyl (C=O) groups excluding carboxylic acids is 1. The van der Waals surface area contributed by atoms with Crippen molar-refractivity contribution in [2.75, 3.05) is 0 Å². The first-order valence-corrected chi connectivity index (χ1v) is 8.79. The molecule has 134 valence electrons. The van der Waals surface area contributed by atoms with E-state index in [4.69, 9.17) is 0 Å². The number of hydrogen-bond donors (Lipinski definition) is 1. The van der Waals surface area contributed by atoms with Gasteiger partial charge in [-0.05, 0) is 37.6 Å². The number of carbonyl (C=O) groups is 1. The number of pyridine rings is 1.